The lowest BCUT2D eigenvalue weighted by Crippen LogP contribution is -2.29. The number of anilines is 1. The van der Waals surface area contributed by atoms with Gasteiger partial charge in [-0.1, -0.05) is 29.8 Å². The quantitative estimate of drug-likeness (QED) is 0.222. The van der Waals surface area contributed by atoms with E-state index in [9.17, 15) is 19.2 Å². The highest BCUT2D eigenvalue weighted by Gasteiger charge is 2.37. The Labute approximate surface area is 204 Å². The van der Waals surface area contributed by atoms with E-state index in [1.165, 1.54) is 24.3 Å². The summed E-state index contributed by atoms with van der Waals surface area (Å²) in [5.41, 5.74) is 2.65. The second kappa shape index (κ2) is 8.52. The third-order valence-electron chi connectivity index (χ3n) is 5.95. The number of rotatable bonds is 4. The third-order valence-corrected chi connectivity index (χ3v) is 6.35. The first kappa shape index (κ1) is 22.6. The van der Waals surface area contributed by atoms with Crippen molar-refractivity contribution < 1.29 is 23.5 Å². The van der Waals surface area contributed by atoms with E-state index in [0.29, 0.717) is 27.2 Å². The molecule has 0 saturated heterocycles. The number of fused-ring (bicyclic) bond motifs is 2. The topological polar surface area (TPSA) is 93.9 Å². The van der Waals surface area contributed by atoms with Crippen LogP contribution in [0.2, 0.25) is 5.02 Å². The first-order valence-electron chi connectivity index (χ1n) is 10.7. The lowest BCUT2D eigenvalue weighted by Gasteiger charge is -2.16. The SMILES string of the molecule is Cc1cc2oc(=O)cc(COC(=O)c3ccc4c(c3)C(=O)N(c3ccccc3C)C4=O)c2cc1Cl. The van der Waals surface area contributed by atoms with Crippen molar-refractivity contribution >= 4 is 46.0 Å². The van der Waals surface area contributed by atoms with Gasteiger partial charge in [0.1, 0.15) is 12.2 Å². The van der Waals surface area contributed by atoms with Crippen LogP contribution in [0.25, 0.3) is 11.0 Å². The molecule has 8 heteroatoms. The molecule has 35 heavy (non-hydrogen) atoms. The van der Waals surface area contributed by atoms with Crippen molar-refractivity contribution in [2.75, 3.05) is 4.90 Å². The maximum Gasteiger partial charge on any atom is 0.338 e. The molecule has 0 saturated carbocycles. The van der Waals surface area contributed by atoms with Crippen molar-refractivity contribution in [2.24, 2.45) is 0 Å². The largest absolute Gasteiger partial charge is 0.457 e. The molecule has 1 aliphatic heterocycles. The third kappa shape index (κ3) is 3.90. The van der Waals surface area contributed by atoms with Crippen LogP contribution in [-0.4, -0.2) is 17.8 Å². The van der Waals surface area contributed by atoms with Gasteiger partial charge in [-0.3, -0.25) is 9.59 Å². The fourth-order valence-corrected chi connectivity index (χ4v) is 4.26. The second-order valence-corrected chi connectivity index (χ2v) is 8.66. The van der Waals surface area contributed by atoms with Gasteiger partial charge in [-0.25, -0.2) is 14.5 Å². The van der Waals surface area contributed by atoms with Gasteiger partial charge in [0.05, 0.1) is 22.4 Å². The molecule has 0 radical (unpaired) electrons. The van der Waals surface area contributed by atoms with Crippen molar-refractivity contribution in [3.05, 3.63) is 109 Å². The molecule has 0 aliphatic carbocycles. The molecule has 0 N–H and O–H groups in total. The maximum atomic E-state index is 13.1. The van der Waals surface area contributed by atoms with Gasteiger partial charge in [0.15, 0.2) is 0 Å². The van der Waals surface area contributed by atoms with Gasteiger partial charge in [0, 0.05) is 22.0 Å². The van der Waals surface area contributed by atoms with Gasteiger partial charge in [-0.2, -0.15) is 0 Å². The number of aryl methyl sites for hydroxylation is 2. The Morgan fingerprint density at radius 3 is 2.43 bits per heavy atom. The molecule has 1 aliphatic rings. The van der Waals surface area contributed by atoms with Crippen molar-refractivity contribution in [3.63, 3.8) is 0 Å². The van der Waals surface area contributed by atoms with E-state index in [2.05, 4.69) is 0 Å². The summed E-state index contributed by atoms with van der Waals surface area (Å²) in [6.45, 7) is 3.39. The molecule has 0 bridgehead atoms. The highest BCUT2D eigenvalue weighted by atomic mass is 35.5. The molecular weight excluding hydrogens is 470 g/mol. The molecule has 2 amide bonds. The van der Waals surface area contributed by atoms with Crippen molar-refractivity contribution in [3.8, 4) is 0 Å². The number of amides is 2. The van der Waals surface area contributed by atoms with Crippen LogP contribution in [0, 0.1) is 13.8 Å². The number of esters is 1. The number of para-hydroxylation sites is 1. The maximum absolute atomic E-state index is 13.1. The molecule has 0 fully saturated rings. The Hall–Kier alpha value is -4.23. The smallest absolute Gasteiger partial charge is 0.338 e. The molecule has 2 heterocycles. The monoisotopic (exact) mass is 487 g/mol. The number of carbonyl (C=O) groups is 3. The van der Waals surface area contributed by atoms with Gasteiger partial charge < -0.3 is 9.15 Å². The van der Waals surface area contributed by atoms with E-state index in [1.54, 1.807) is 31.2 Å². The first-order valence-corrected chi connectivity index (χ1v) is 11.1. The molecule has 3 aromatic carbocycles. The lowest BCUT2D eigenvalue weighted by molar-refractivity contribution is 0.0473. The Balaban J connectivity index is 1.41. The number of hydrogen-bond donors (Lipinski definition) is 0. The van der Waals surface area contributed by atoms with E-state index in [1.807, 2.05) is 19.1 Å². The predicted molar refractivity (Wildman–Crippen MR) is 130 cm³/mol. The minimum absolute atomic E-state index is 0.109. The molecule has 1 aromatic heterocycles. The number of carbonyl (C=O) groups excluding carboxylic acids is 3. The second-order valence-electron chi connectivity index (χ2n) is 8.26. The van der Waals surface area contributed by atoms with Crippen LogP contribution in [-0.2, 0) is 11.3 Å². The Morgan fingerprint density at radius 1 is 0.914 bits per heavy atom. The Kier molecular flexibility index (Phi) is 5.49. The number of nitrogens with zero attached hydrogens (tertiary/aromatic N) is 1. The highest BCUT2D eigenvalue weighted by molar-refractivity contribution is 6.35. The normalized spacial score (nSPS) is 12.8. The van der Waals surface area contributed by atoms with E-state index >= 15 is 0 Å². The van der Waals surface area contributed by atoms with E-state index in [-0.39, 0.29) is 23.3 Å². The number of hydrogen-bond acceptors (Lipinski definition) is 6. The average molecular weight is 488 g/mol. The Bertz CT molecular complexity index is 1620. The Morgan fingerprint density at radius 2 is 1.66 bits per heavy atom. The summed E-state index contributed by atoms with van der Waals surface area (Å²) in [5, 5.41) is 1.04. The lowest BCUT2D eigenvalue weighted by atomic mass is 10.1. The van der Waals surface area contributed by atoms with Crippen LogP contribution in [0.3, 0.4) is 0 Å². The van der Waals surface area contributed by atoms with E-state index in [4.69, 9.17) is 20.8 Å². The fourth-order valence-electron chi connectivity index (χ4n) is 4.10. The number of imide groups is 1. The minimum Gasteiger partial charge on any atom is -0.457 e. The zero-order chi connectivity index (χ0) is 24.9. The summed E-state index contributed by atoms with van der Waals surface area (Å²) in [6.07, 6.45) is 0. The molecule has 174 valence electrons. The van der Waals surface area contributed by atoms with Gasteiger partial charge in [-0.15, -0.1) is 0 Å². The average Bonchev–Trinajstić information content (AvgIpc) is 3.08. The predicted octanol–water partition coefficient (Wildman–Crippen LogP) is 5.22. The molecule has 4 aromatic rings. The number of halogens is 1. The zero-order valence-electron chi connectivity index (χ0n) is 18.8. The van der Waals surface area contributed by atoms with Crippen molar-refractivity contribution in [2.45, 2.75) is 20.5 Å². The minimum atomic E-state index is -0.706. The molecule has 0 atom stereocenters. The summed E-state index contributed by atoms with van der Waals surface area (Å²) < 4.78 is 10.7. The van der Waals surface area contributed by atoms with Crippen LogP contribution >= 0.6 is 11.6 Å². The summed E-state index contributed by atoms with van der Waals surface area (Å²) in [5.74, 6) is -1.67. The summed E-state index contributed by atoms with van der Waals surface area (Å²) in [6, 6.07) is 15.8. The van der Waals surface area contributed by atoms with Crippen LogP contribution in [0.1, 0.15) is 47.8 Å². The number of benzene rings is 3. The van der Waals surface area contributed by atoms with Gasteiger partial charge >= 0.3 is 11.6 Å². The molecule has 0 spiro atoms. The van der Waals surface area contributed by atoms with E-state index < -0.39 is 23.4 Å². The zero-order valence-corrected chi connectivity index (χ0v) is 19.5. The fraction of sp³-hybridized carbons (Fsp3) is 0.111. The van der Waals surface area contributed by atoms with E-state index in [0.717, 1.165) is 16.0 Å². The highest BCUT2D eigenvalue weighted by Crippen LogP contribution is 2.31. The first-order chi connectivity index (χ1) is 16.7. The standard InChI is InChI=1S/C27H18ClNO6/c1-14-5-3-4-6-22(14)29-25(31)18-8-7-16(10-20(18)26(29)32)27(33)34-13-17-11-24(30)35-23-9-15(2)21(28)12-19(17)23/h3-12H,13H2,1-2H3. The van der Waals surface area contributed by atoms with Crippen LogP contribution in [0.5, 0.6) is 0 Å². The molecule has 5 rings (SSSR count). The summed E-state index contributed by atoms with van der Waals surface area (Å²) in [7, 11) is 0. The van der Waals surface area contributed by atoms with Crippen LogP contribution in [0.15, 0.2) is 69.9 Å². The van der Waals surface area contributed by atoms with Gasteiger partial charge in [0.25, 0.3) is 11.8 Å². The molecular formula is C27H18ClNO6. The van der Waals surface area contributed by atoms with Gasteiger partial charge in [0.2, 0.25) is 0 Å². The van der Waals surface area contributed by atoms with Crippen molar-refractivity contribution in [1.82, 2.24) is 0 Å². The number of ether oxygens (including phenoxy) is 1. The molecule has 0 unspecified atom stereocenters. The summed E-state index contributed by atoms with van der Waals surface area (Å²) >= 11 is 6.21. The van der Waals surface area contributed by atoms with Crippen molar-refractivity contribution in [1.29, 1.82) is 0 Å². The summed E-state index contributed by atoms with van der Waals surface area (Å²) in [4.78, 5) is 51.8. The van der Waals surface area contributed by atoms with Crippen LogP contribution in [0.4, 0.5) is 5.69 Å². The van der Waals surface area contributed by atoms with Gasteiger partial charge in [-0.05, 0) is 61.4 Å². The molecule has 7 nitrogen and oxygen atoms in total. The van der Waals surface area contributed by atoms with Crippen LogP contribution < -0.4 is 10.5 Å².